The average molecular weight is 452 g/mol. The molecule has 0 bridgehead atoms. The minimum absolute atomic E-state index is 0.123. The Morgan fingerprint density at radius 2 is 1.94 bits per heavy atom. The Morgan fingerprint density at radius 1 is 1.12 bits per heavy atom. The fourth-order valence-electron chi connectivity index (χ4n) is 5.01. The Bertz CT molecular complexity index is 1140. The first-order valence-corrected chi connectivity index (χ1v) is 12.0. The van der Waals surface area contributed by atoms with Gasteiger partial charge in [0.1, 0.15) is 5.69 Å². The van der Waals surface area contributed by atoms with Gasteiger partial charge in [-0.25, -0.2) is 0 Å². The molecular weight excluding hydrogens is 422 g/mol. The second-order valence-corrected chi connectivity index (χ2v) is 9.36. The van der Waals surface area contributed by atoms with Crippen molar-refractivity contribution in [2.45, 2.75) is 31.8 Å². The molecule has 1 amide bonds. The maximum Gasteiger partial charge on any atom is 0.270 e. The second kappa shape index (κ2) is 8.64. The Hall–Kier alpha value is -2.77. The summed E-state index contributed by atoms with van der Waals surface area (Å²) in [6.07, 6.45) is 2.99. The number of carbonyl (C=O) groups excluding carboxylic acids is 1. The molecule has 32 heavy (non-hydrogen) atoms. The molecule has 0 spiro atoms. The maximum atomic E-state index is 13.7. The van der Waals surface area contributed by atoms with Gasteiger partial charge in [0.25, 0.3) is 5.91 Å². The number of hydrogen-bond acceptors (Lipinski definition) is 5. The minimum atomic E-state index is 0.123. The standard InChI is InChI=1S/C25H29N3O3S/c1-26-17-6-4-9-27(15-17)25(29)20-13-19(23-7-5-11-32-23)24-18-14-22(31-3)21(30-2)12-16(18)8-10-28(20)24/h5,7,11-14,17,26H,4,6,8-10,15H2,1-3H3/t17-/m1/s1. The molecule has 3 aromatic rings. The largest absolute Gasteiger partial charge is 0.493 e. The summed E-state index contributed by atoms with van der Waals surface area (Å²) in [6, 6.07) is 10.8. The Morgan fingerprint density at radius 3 is 2.66 bits per heavy atom. The van der Waals surface area contributed by atoms with Crippen molar-refractivity contribution in [3.8, 4) is 33.2 Å². The highest BCUT2D eigenvalue weighted by molar-refractivity contribution is 7.13. The second-order valence-electron chi connectivity index (χ2n) is 8.41. The lowest BCUT2D eigenvalue weighted by molar-refractivity contribution is 0.0687. The Kier molecular flexibility index (Phi) is 5.69. The van der Waals surface area contributed by atoms with Crippen LogP contribution >= 0.6 is 11.3 Å². The third-order valence-corrected chi connectivity index (χ3v) is 7.59. The number of methoxy groups -OCH3 is 2. The van der Waals surface area contributed by atoms with Crippen molar-refractivity contribution >= 4 is 17.2 Å². The molecule has 168 valence electrons. The van der Waals surface area contributed by atoms with Gasteiger partial charge in [0, 0.05) is 41.7 Å². The normalized spacial score (nSPS) is 17.6. The van der Waals surface area contributed by atoms with Gasteiger partial charge >= 0.3 is 0 Å². The number of aromatic nitrogens is 1. The van der Waals surface area contributed by atoms with Crippen LogP contribution in [0.15, 0.2) is 35.7 Å². The van der Waals surface area contributed by atoms with Gasteiger partial charge in [0.2, 0.25) is 0 Å². The number of benzene rings is 1. The third kappa shape index (κ3) is 3.49. The Labute approximate surface area is 192 Å². The van der Waals surface area contributed by atoms with Crippen molar-refractivity contribution in [2.75, 3.05) is 34.4 Å². The summed E-state index contributed by atoms with van der Waals surface area (Å²) in [5.41, 5.74) is 5.32. The molecule has 1 atom stereocenters. The molecule has 0 aliphatic carbocycles. The SMILES string of the molecule is CN[C@@H]1CCCN(C(=O)c2cc(-c3cccs3)c3n2CCc2cc(OC)c(OC)cc2-3)C1. The Balaban J connectivity index is 1.65. The lowest BCUT2D eigenvalue weighted by Gasteiger charge is -2.33. The molecule has 0 radical (unpaired) electrons. The van der Waals surface area contributed by atoms with E-state index in [9.17, 15) is 4.79 Å². The van der Waals surface area contributed by atoms with Crippen molar-refractivity contribution < 1.29 is 14.3 Å². The first kappa shape index (κ1) is 21.1. The van der Waals surface area contributed by atoms with E-state index in [4.69, 9.17) is 9.47 Å². The number of ether oxygens (including phenoxy) is 2. The number of hydrogen-bond donors (Lipinski definition) is 1. The molecule has 1 fully saturated rings. The van der Waals surface area contributed by atoms with Gasteiger partial charge in [0.15, 0.2) is 11.5 Å². The number of piperidine rings is 1. The van der Waals surface area contributed by atoms with Crippen molar-refractivity contribution in [1.29, 1.82) is 0 Å². The van der Waals surface area contributed by atoms with Crippen LogP contribution in [0, 0.1) is 0 Å². The highest BCUT2D eigenvalue weighted by Gasteiger charge is 2.31. The van der Waals surface area contributed by atoms with Crippen LogP contribution in [0.1, 0.15) is 28.9 Å². The van der Waals surface area contributed by atoms with Gasteiger partial charge < -0.3 is 24.3 Å². The van der Waals surface area contributed by atoms with Crippen LogP contribution in [0.25, 0.3) is 21.7 Å². The molecule has 2 aliphatic rings. The lowest BCUT2D eigenvalue weighted by Crippen LogP contribution is -2.47. The van der Waals surface area contributed by atoms with Crippen LogP contribution in [0.3, 0.4) is 0 Å². The monoisotopic (exact) mass is 451 g/mol. The zero-order valence-electron chi connectivity index (χ0n) is 18.8. The molecule has 0 unspecified atom stereocenters. The smallest absolute Gasteiger partial charge is 0.270 e. The summed E-state index contributed by atoms with van der Waals surface area (Å²) >= 11 is 1.70. The van der Waals surface area contributed by atoms with Crippen molar-refractivity contribution in [2.24, 2.45) is 0 Å². The zero-order chi connectivity index (χ0) is 22.2. The lowest BCUT2D eigenvalue weighted by atomic mass is 9.95. The third-order valence-electron chi connectivity index (χ3n) is 6.69. The van der Waals surface area contributed by atoms with E-state index >= 15 is 0 Å². The van der Waals surface area contributed by atoms with Gasteiger partial charge in [-0.05, 0) is 61.5 Å². The van der Waals surface area contributed by atoms with Gasteiger partial charge in [-0.15, -0.1) is 11.3 Å². The highest BCUT2D eigenvalue weighted by Crippen LogP contribution is 2.45. The topological polar surface area (TPSA) is 55.7 Å². The maximum absolute atomic E-state index is 13.7. The number of nitrogens with zero attached hydrogens (tertiary/aromatic N) is 2. The molecule has 7 heteroatoms. The summed E-state index contributed by atoms with van der Waals surface area (Å²) in [6.45, 7) is 2.34. The summed E-state index contributed by atoms with van der Waals surface area (Å²) in [7, 11) is 5.31. The predicted octanol–water partition coefficient (Wildman–Crippen LogP) is 4.28. The van der Waals surface area contributed by atoms with E-state index in [-0.39, 0.29) is 5.91 Å². The first-order valence-electron chi connectivity index (χ1n) is 11.1. The zero-order valence-corrected chi connectivity index (χ0v) is 19.6. The first-order chi connectivity index (χ1) is 15.6. The number of rotatable bonds is 5. The summed E-state index contributed by atoms with van der Waals surface area (Å²) < 4.78 is 13.4. The average Bonchev–Trinajstić information content (AvgIpc) is 3.50. The van der Waals surface area contributed by atoms with Crippen LogP contribution in [-0.2, 0) is 13.0 Å². The van der Waals surface area contributed by atoms with Crippen LogP contribution in [0.4, 0.5) is 0 Å². The van der Waals surface area contributed by atoms with Crippen LogP contribution in [0.2, 0.25) is 0 Å². The summed E-state index contributed by atoms with van der Waals surface area (Å²) in [5, 5.41) is 5.43. The molecule has 1 saturated heterocycles. The molecule has 2 aromatic heterocycles. The molecule has 6 nitrogen and oxygen atoms in total. The molecule has 1 aromatic carbocycles. The van der Waals surface area contributed by atoms with Crippen molar-refractivity contribution in [3.63, 3.8) is 0 Å². The van der Waals surface area contributed by atoms with E-state index in [0.717, 1.165) is 67.2 Å². The van der Waals surface area contributed by atoms with Gasteiger partial charge in [0.05, 0.1) is 19.9 Å². The summed E-state index contributed by atoms with van der Waals surface area (Å²) in [4.78, 5) is 16.9. The number of amides is 1. The van der Waals surface area contributed by atoms with Crippen molar-refractivity contribution in [3.05, 3.63) is 47.0 Å². The van der Waals surface area contributed by atoms with Gasteiger partial charge in [-0.1, -0.05) is 6.07 Å². The van der Waals surface area contributed by atoms with Gasteiger partial charge in [-0.2, -0.15) is 0 Å². The number of likely N-dealkylation sites (N-methyl/N-ethyl adjacent to an activating group) is 1. The predicted molar refractivity (Wildman–Crippen MR) is 128 cm³/mol. The van der Waals surface area contributed by atoms with E-state index in [1.165, 1.54) is 10.4 Å². The fourth-order valence-corrected chi connectivity index (χ4v) is 5.75. The number of nitrogens with one attached hydrogen (secondary N) is 1. The van der Waals surface area contributed by atoms with Crippen LogP contribution in [0.5, 0.6) is 11.5 Å². The molecule has 0 saturated carbocycles. The van der Waals surface area contributed by atoms with Crippen LogP contribution in [-0.4, -0.2) is 55.8 Å². The molecule has 2 aliphatic heterocycles. The molecular formula is C25H29N3O3S. The quantitative estimate of drug-likeness (QED) is 0.629. The molecule has 5 rings (SSSR count). The van der Waals surface area contributed by atoms with Crippen molar-refractivity contribution in [1.82, 2.24) is 14.8 Å². The molecule has 1 N–H and O–H groups in total. The number of aryl methyl sites for hydroxylation is 1. The van der Waals surface area contributed by atoms with E-state index in [2.05, 4.69) is 45.6 Å². The summed E-state index contributed by atoms with van der Waals surface area (Å²) in [5.74, 6) is 1.57. The number of thiophene rings is 1. The van der Waals surface area contributed by atoms with E-state index < -0.39 is 0 Å². The van der Waals surface area contributed by atoms with E-state index in [1.54, 1.807) is 25.6 Å². The highest BCUT2D eigenvalue weighted by atomic mass is 32.1. The molecule has 4 heterocycles. The van der Waals surface area contributed by atoms with E-state index in [1.807, 2.05) is 11.9 Å². The number of carbonyl (C=O) groups is 1. The van der Waals surface area contributed by atoms with E-state index in [0.29, 0.717) is 11.8 Å². The van der Waals surface area contributed by atoms with Crippen LogP contribution < -0.4 is 14.8 Å². The minimum Gasteiger partial charge on any atom is -0.493 e. The fraction of sp³-hybridized carbons (Fsp3) is 0.400. The number of fused-ring (bicyclic) bond motifs is 3. The van der Waals surface area contributed by atoms with Gasteiger partial charge in [-0.3, -0.25) is 4.79 Å². The number of likely N-dealkylation sites (tertiary alicyclic amines) is 1.